The van der Waals surface area contributed by atoms with Gasteiger partial charge < -0.3 is 4.74 Å². The van der Waals surface area contributed by atoms with Gasteiger partial charge in [-0.3, -0.25) is 0 Å². The van der Waals surface area contributed by atoms with Gasteiger partial charge in [0.15, 0.2) is 0 Å². The van der Waals surface area contributed by atoms with E-state index in [1.54, 1.807) is 0 Å². The van der Waals surface area contributed by atoms with Crippen LogP contribution in [0, 0.1) is 5.41 Å². The second-order valence-corrected chi connectivity index (χ2v) is 5.67. The lowest BCUT2D eigenvalue weighted by Crippen LogP contribution is -2.29. The van der Waals surface area contributed by atoms with Crippen molar-refractivity contribution in [1.29, 1.82) is 0 Å². The summed E-state index contributed by atoms with van der Waals surface area (Å²) in [6, 6.07) is 0. The minimum atomic E-state index is 0.0949. The summed E-state index contributed by atoms with van der Waals surface area (Å²) in [5.74, 6) is 0.711. The zero-order chi connectivity index (χ0) is 13.8. The summed E-state index contributed by atoms with van der Waals surface area (Å²) in [5, 5.41) is 0. The lowest BCUT2D eigenvalue weighted by atomic mass is 9.86. The molecule has 0 bridgehead atoms. The van der Waals surface area contributed by atoms with Crippen LogP contribution in [-0.4, -0.2) is 6.10 Å². The molecule has 1 unspecified atom stereocenters. The minimum absolute atomic E-state index is 0.0949. The highest BCUT2D eigenvalue weighted by atomic mass is 16.5. The molecule has 0 N–H and O–H groups in total. The van der Waals surface area contributed by atoms with E-state index in [2.05, 4.69) is 46.1 Å². The number of hydrogen-bond acceptors (Lipinski definition) is 1. The van der Waals surface area contributed by atoms with Crippen molar-refractivity contribution in [3.8, 4) is 0 Å². The Kier molecular flexibility index (Phi) is 4.77. The van der Waals surface area contributed by atoms with Crippen LogP contribution >= 0.6 is 0 Å². The van der Waals surface area contributed by atoms with E-state index in [9.17, 15) is 0 Å². The monoisotopic (exact) mass is 244 g/mol. The van der Waals surface area contributed by atoms with Crippen LogP contribution in [0.1, 0.15) is 34.1 Å². The highest BCUT2D eigenvalue weighted by molar-refractivity contribution is 5.49. The van der Waals surface area contributed by atoms with Crippen LogP contribution in [0.15, 0.2) is 60.4 Å². The molecule has 1 heterocycles. The van der Waals surface area contributed by atoms with Crippen LogP contribution in [0.2, 0.25) is 0 Å². The molecular weight excluding hydrogens is 220 g/mol. The zero-order valence-corrected chi connectivity index (χ0v) is 12.0. The van der Waals surface area contributed by atoms with E-state index in [-0.39, 0.29) is 11.5 Å². The van der Waals surface area contributed by atoms with Crippen molar-refractivity contribution in [2.45, 2.75) is 40.2 Å². The van der Waals surface area contributed by atoms with E-state index >= 15 is 0 Å². The fourth-order valence-corrected chi connectivity index (χ4v) is 1.81. The number of hydrogen-bond donors (Lipinski definition) is 0. The first-order valence-electron chi connectivity index (χ1n) is 6.41. The highest BCUT2D eigenvalue weighted by Gasteiger charge is 2.27. The largest absolute Gasteiger partial charge is 0.490 e. The van der Waals surface area contributed by atoms with E-state index < -0.39 is 0 Å². The third kappa shape index (κ3) is 3.76. The van der Waals surface area contributed by atoms with Gasteiger partial charge in [-0.05, 0) is 17.9 Å². The highest BCUT2D eigenvalue weighted by Crippen LogP contribution is 2.32. The normalized spacial score (nSPS) is 26.0. The van der Waals surface area contributed by atoms with Crippen molar-refractivity contribution >= 4 is 0 Å². The Bertz CT molecular complexity index is 413. The van der Waals surface area contributed by atoms with Gasteiger partial charge in [-0.2, -0.15) is 0 Å². The molecular formula is C17H24O. The fraction of sp³-hybridized carbons (Fsp3) is 0.412. The predicted octanol–water partition coefficient (Wildman–Crippen LogP) is 4.95. The molecule has 0 aromatic rings. The maximum atomic E-state index is 6.03. The SMILES string of the molecule is C=C1/C=C\CC(C(C)(C)C)OC(=C)/C1=C\C=C/C. The van der Waals surface area contributed by atoms with Crippen LogP contribution in [0.25, 0.3) is 0 Å². The van der Waals surface area contributed by atoms with E-state index in [0.29, 0.717) is 5.76 Å². The summed E-state index contributed by atoms with van der Waals surface area (Å²) >= 11 is 0. The Hall–Kier alpha value is -1.50. The van der Waals surface area contributed by atoms with Crippen molar-refractivity contribution in [3.63, 3.8) is 0 Å². The second-order valence-electron chi connectivity index (χ2n) is 5.67. The lowest BCUT2D eigenvalue weighted by molar-refractivity contribution is 0.0339. The van der Waals surface area contributed by atoms with Crippen LogP contribution in [-0.2, 0) is 4.74 Å². The average molecular weight is 244 g/mol. The van der Waals surface area contributed by atoms with Gasteiger partial charge in [0.25, 0.3) is 0 Å². The van der Waals surface area contributed by atoms with Gasteiger partial charge in [0, 0.05) is 12.0 Å². The molecule has 0 aromatic heterocycles. The Balaban J connectivity index is 3.05. The number of rotatable bonds is 1. The maximum Gasteiger partial charge on any atom is 0.120 e. The average Bonchev–Trinajstić information content (AvgIpc) is 2.25. The summed E-state index contributed by atoms with van der Waals surface area (Å²) < 4.78 is 6.03. The fourth-order valence-electron chi connectivity index (χ4n) is 1.81. The third-order valence-electron chi connectivity index (χ3n) is 3.02. The first-order valence-corrected chi connectivity index (χ1v) is 6.41. The molecule has 0 radical (unpaired) electrons. The third-order valence-corrected chi connectivity index (χ3v) is 3.02. The summed E-state index contributed by atoms with van der Waals surface area (Å²) in [6.07, 6.45) is 11.2. The first-order chi connectivity index (χ1) is 8.36. The van der Waals surface area contributed by atoms with E-state index in [0.717, 1.165) is 17.6 Å². The van der Waals surface area contributed by atoms with Gasteiger partial charge in [-0.25, -0.2) is 0 Å². The second kappa shape index (κ2) is 5.90. The molecule has 0 aromatic carbocycles. The standard InChI is InChI=1S/C17H24O/c1-7-8-11-15-13(2)10-9-12-16(17(4,5)6)18-14(15)3/h7-11,16H,2-3,12H2,1,4-6H3/b8-7-,10-9-,15-11-. The molecule has 18 heavy (non-hydrogen) atoms. The van der Waals surface area contributed by atoms with Crippen molar-refractivity contribution in [3.05, 3.63) is 60.4 Å². The number of ether oxygens (including phenoxy) is 1. The molecule has 1 aliphatic rings. The zero-order valence-electron chi connectivity index (χ0n) is 12.0. The molecule has 1 heteroatoms. The van der Waals surface area contributed by atoms with Crippen molar-refractivity contribution in [1.82, 2.24) is 0 Å². The molecule has 1 rings (SSSR count). The van der Waals surface area contributed by atoms with Gasteiger partial charge in [0.1, 0.15) is 11.9 Å². The molecule has 1 nitrogen and oxygen atoms in total. The Morgan fingerprint density at radius 1 is 1.33 bits per heavy atom. The van der Waals surface area contributed by atoms with E-state index in [4.69, 9.17) is 4.74 Å². The van der Waals surface area contributed by atoms with Crippen molar-refractivity contribution < 1.29 is 4.74 Å². The van der Waals surface area contributed by atoms with Gasteiger partial charge in [0.2, 0.25) is 0 Å². The number of allylic oxidation sites excluding steroid dienone is 5. The smallest absolute Gasteiger partial charge is 0.120 e. The Morgan fingerprint density at radius 2 is 2.00 bits per heavy atom. The summed E-state index contributed by atoms with van der Waals surface area (Å²) in [5.41, 5.74) is 2.02. The lowest BCUT2D eigenvalue weighted by Gasteiger charge is -2.33. The van der Waals surface area contributed by atoms with Gasteiger partial charge in [-0.1, -0.05) is 64.3 Å². The predicted molar refractivity (Wildman–Crippen MR) is 79.3 cm³/mol. The van der Waals surface area contributed by atoms with Crippen molar-refractivity contribution in [2.24, 2.45) is 5.41 Å². The minimum Gasteiger partial charge on any atom is -0.490 e. The van der Waals surface area contributed by atoms with E-state index in [1.165, 1.54) is 0 Å². The van der Waals surface area contributed by atoms with Crippen LogP contribution in [0.3, 0.4) is 0 Å². The Labute approximate surface area is 111 Å². The van der Waals surface area contributed by atoms with Gasteiger partial charge in [-0.15, -0.1) is 0 Å². The molecule has 1 aliphatic heterocycles. The summed E-state index contributed by atoms with van der Waals surface area (Å²) in [6.45, 7) is 16.6. The summed E-state index contributed by atoms with van der Waals surface area (Å²) in [4.78, 5) is 0. The Morgan fingerprint density at radius 3 is 2.56 bits per heavy atom. The van der Waals surface area contributed by atoms with Crippen molar-refractivity contribution in [2.75, 3.05) is 0 Å². The summed E-state index contributed by atoms with van der Waals surface area (Å²) in [7, 11) is 0. The van der Waals surface area contributed by atoms with Crippen LogP contribution in [0.4, 0.5) is 0 Å². The topological polar surface area (TPSA) is 9.23 Å². The molecule has 98 valence electrons. The van der Waals surface area contributed by atoms with Crippen LogP contribution < -0.4 is 0 Å². The quantitative estimate of drug-likeness (QED) is 0.634. The molecule has 1 atom stereocenters. The van der Waals surface area contributed by atoms with Crippen LogP contribution in [0.5, 0.6) is 0 Å². The molecule has 0 aliphatic carbocycles. The maximum absolute atomic E-state index is 6.03. The molecule has 0 amide bonds. The molecule has 0 fully saturated rings. The molecule has 0 spiro atoms. The molecule has 0 saturated carbocycles. The first kappa shape index (κ1) is 14.6. The van der Waals surface area contributed by atoms with Gasteiger partial charge in [0.05, 0.1) is 0 Å². The molecule has 0 saturated heterocycles. The van der Waals surface area contributed by atoms with E-state index in [1.807, 2.05) is 25.2 Å². The van der Waals surface area contributed by atoms with Gasteiger partial charge >= 0.3 is 0 Å².